The van der Waals surface area contributed by atoms with Crippen LogP contribution in [0.25, 0.3) is 0 Å². The lowest BCUT2D eigenvalue weighted by atomic mass is 10.2. The number of aryl methyl sites for hydroxylation is 1. The van der Waals surface area contributed by atoms with Crippen LogP contribution in [0.5, 0.6) is 0 Å². The molecule has 0 N–H and O–H groups in total. The molecule has 6 heteroatoms. The third kappa shape index (κ3) is 6.04. The van der Waals surface area contributed by atoms with E-state index in [0.29, 0.717) is 6.42 Å². The second kappa shape index (κ2) is 8.06. The normalized spacial score (nSPS) is 14.0. The van der Waals surface area contributed by atoms with Crippen molar-refractivity contribution in [2.45, 2.75) is 57.3 Å². The molecule has 0 aliphatic heterocycles. The molecule has 0 radical (unpaired) electrons. The summed E-state index contributed by atoms with van der Waals surface area (Å²) < 4.78 is 40.5. The molecule has 0 aliphatic rings. The van der Waals surface area contributed by atoms with E-state index in [9.17, 15) is 8.42 Å². The van der Waals surface area contributed by atoms with Crippen LogP contribution < -0.4 is 0 Å². The third-order valence-corrected chi connectivity index (χ3v) is 4.57. The summed E-state index contributed by atoms with van der Waals surface area (Å²) >= 11 is 0. The Morgan fingerprint density at radius 1 is 1.18 bits per heavy atom. The number of rotatable bonds is 9. The molecular formula is C16H26O5S. The van der Waals surface area contributed by atoms with Crippen molar-refractivity contribution in [3.05, 3.63) is 29.8 Å². The highest BCUT2D eigenvalue weighted by Crippen LogP contribution is 2.19. The van der Waals surface area contributed by atoms with Gasteiger partial charge in [-0.15, -0.1) is 0 Å². The van der Waals surface area contributed by atoms with Gasteiger partial charge in [0.25, 0.3) is 10.1 Å². The number of hydrogen-bond acceptors (Lipinski definition) is 5. The maximum absolute atomic E-state index is 12.2. The summed E-state index contributed by atoms with van der Waals surface area (Å²) in [6.45, 7) is 7.44. The monoisotopic (exact) mass is 330 g/mol. The summed E-state index contributed by atoms with van der Waals surface area (Å²) in [6, 6.07) is 6.56. The molecule has 22 heavy (non-hydrogen) atoms. The fourth-order valence-electron chi connectivity index (χ4n) is 1.89. The molecule has 0 fully saturated rings. The Morgan fingerprint density at radius 2 is 1.77 bits per heavy atom. The number of hydrogen-bond donors (Lipinski definition) is 0. The van der Waals surface area contributed by atoms with Crippen LogP contribution in [0, 0.1) is 6.92 Å². The van der Waals surface area contributed by atoms with Gasteiger partial charge in [-0.2, -0.15) is 8.42 Å². The van der Waals surface area contributed by atoms with Gasteiger partial charge in [0.15, 0.2) is 5.79 Å². The van der Waals surface area contributed by atoms with Crippen molar-refractivity contribution in [1.82, 2.24) is 0 Å². The SMILES string of the molecule is CCC[C@@H](COS(=O)(=O)c1ccc(C)cc1)OC(C)(C)OC. The summed E-state index contributed by atoms with van der Waals surface area (Å²) in [7, 11) is -2.23. The molecule has 0 amide bonds. The molecular weight excluding hydrogens is 304 g/mol. The smallest absolute Gasteiger partial charge is 0.297 e. The first-order valence-corrected chi connectivity index (χ1v) is 8.80. The zero-order valence-corrected chi connectivity index (χ0v) is 14.8. The van der Waals surface area contributed by atoms with Gasteiger partial charge in [0.2, 0.25) is 0 Å². The van der Waals surface area contributed by atoms with E-state index in [4.69, 9.17) is 13.7 Å². The highest BCUT2D eigenvalue weighted by Gasteiger charge is 2.25. The van der Waals surface area contributed by atoms with E-state index in [1.165, 1.54) is 0 Å². The van der Waals surface area contributed by atoms with E-state index in [-0.39, 0.29) is 17.6 Å². The zero-order chi connectivity index (χ0) is 16.8. The Kier molecular flexibility index (Phi) is 6.99. The molecule has 0 aromatic heterocycles. The van der Waals surface area contributed by atoms with Crippen molar-refractivity contribution < 1.29 is 22.1 Å². The molecule has 0 saturated carbocycles. The summed E-state index contributed by atoms with van der Waals surface area (Å²) in [5.74, 6) is -0.781. The van der Waals surface area contributed by atoms with Crippen LogP contribution in [-0.4, -0.2) is 34.0 Å². The van der Waals surface area contributed by atoms with Gasteiger partial charge in [-0.05, 0) is 39.3 Å². The molecule has 0 saturated heterocycles. The van der Waals surface area contributed by atoms with E-state index in [1.54, 1.807) is 45.2 Å². The maximum atomic E-state index is 12.2. The first kappa shape index (κ1) is 19.1. The quantitative estimate of drug-likeness (QED) is 0.514. The fraction of sp³-hybridized carbons (Fsp3) is 0.625. The number of ether oxygens (including phenoxy) is 2. The molecule has 1 aromatic carbocycles. The molecule has 0 unspecified atom stereocenters. The average Bonchev–Trinajstić information content (AvgIpc) is 2.45. The summed E-state index contributed by atoms with van der Waals surface area (Å²) in [6.07, 6.45) is 1.20. The molecule has 0 spiro atoms. The predicted molar refractivity (Wildman–Crippen MR) is 85.2 cm³/mol. The Bertz CT molecular complexity index is 548. The molecule has 0 bridgehead atoms. The fourth-order valence-corrected chi connectivity index (χ4v) is 2.82. The Labute approximate surface area is 133 Å². The summed E-state index contributed by atoms with van der Waals surface area (Å²) in [5, 5.41) is 0. The van der Waals surface area contributed by atoms with Gasteiger partial charge in [0, 0.05) is 7.11 Å². The van der Waals surface area contributed by atoms with Crippen LogP contribution in [0.2, 0.25) is 0 Å². The molecule has 1 rings (SSSR count). The molecule has 0 aliphatic carbocycles. The van der Waals surface area contributed by atoms with Gasteiger partial charge < -0.3 is 9.47 Å². The van der Waals surface area contributed by atoms with Gasteiger partial charge in [-0.3, -0.25) is 4.18 Å². The van der Waals surface area contributed by atoms with Crippen LogP contribution >= 0.6 is 0 Å². The highest BCUT2D eigenvalue weighted by molar-refractivity contribution is 7.86. The highest BCUT2D eigenvalue weighted by atomic mass is 32.2. The minimum Gasteiger partial charge on any atom is -0.354 e. The van der Waals surface area contributed by atoms with E-state index < -0.39 is 15.9 Å². The molecule has 1 aromatic rings. The van der Waals surface area contributed by atoms with Crippen molar-refractivity contribution in [3.63, 3.8) is 0 Å². The van der Waals surface area contributed by atoms with Gasteiger partial charge in [0.1, 0.15) is 0 Å². The standard InChI is InChI=1S/C16H26O5S/c1-6-7-14(21-16(3,4)19-5)12-20-22(17,18)15-10-8-13(2)9-11-15/h8-11,14H,6-7,12H2,1-5H3/t14-/m0/s1. The predicted octanol–water partition coefficient (Wildman–Crippen LogP) is 3.27. The third-order valence-electron chi connectivity index (χ3n) is 3.27. The second-order valence-corrected chi connectivity index (χ2v) is 7.30. The van der Waals surface area contributed by atoms with E-state index in [0.717, 1.165) is 12.0 Å². The topological polar surface area (TPSA) is 61.8 Å². The van der Waals surface area contributed by atoms with Crippen LogP contribution in [0.4, 0.5) is 0 Å². The number of benzene rings is 1. The average molecular weight is 330 g/mol. The van der Waals surface area contributed by atoms with Gasteiger partial charge >= 0.3 is 0 Å². The molecule has 1 atom stereocenters. The Hall–Kier alpha value is -0.950. The number of methoxy groups -OCH3 is 1. The first-order valence-electron chi connectivity index (χ1n) is 7.39. The Balaban J connectivity index is 2.73. The van der Waals surface area contributed by atoms with Crippen LogP contribution in [-0.2, 0) is 23.8 Å². The maximum Gasteiger partial charge on any atom is 0.297 e. The van der Waals surface area contributed by atoms with Crippen molar-refractivity contribution in [2.75, 3.05) is 13.7 Å². The minimum absolute atomic E-state index is 0.0309. The summed E-state index contributed by atoms with van der Waals surface area (Å²) in [5.41, 5.74) is 0.994. The lowest BCUT2D eigenvalue weighted by Gasteiger charge is -2.29. The van der Waals surface area contributed by atoms with Gasteiger partial charge in [-0.25, -0.2) is 0 Å². The van der Waals surface area contributed by atoms with Crippen molar-refractivity contribution in [2.24, 2.45) is 0 Å². The van der Waals surface area contributed by atoms with E-state index >= 15 is 0 Å². The zero-order valence-electron chi connectivity index (χ0n) is 14.0. The van der Waals surface area contributed by atoms with Crippen molar-refractivity contribution >= 4 is 10.1 Å². The van der Waals surface area contributed by atoms with Gasteiger partial charge in [0.05, 0.1) is 17.6 Å². The first-order chi connectivity index (χ1) is 10.2. The largest absolute Gasteiger partial charge is 0.354 e. The Morgan fingerprint density at radius 3 is 2.27 bits per heavy atom. The van der Waals surface area contributed by atoms with E-state index in [1.807, 2.05) is 13.8 Å². The van der Waals surface area contributed by atoms with E-state index in [2.05, 4.69) is 0 Å². The lowest BCUT2D eigenvalue weighted by Crippen LogP contribution is -2.35. The summed E-state index contributed by atoms with van der Waals surface area (Å²) in [4.78, 5) is 0.152. The van der Waals surface area contributed by atoms with Crippen LogP contribution in [0.1, 0.15) is 39.2 Å². The molecule has 0 heterocycles. The van der Waals surface area contributed by atoms with Gasteiger partial charge in [-0.1, -0.05) is 31.0 Å². The molecule has 126 valence electrons. The minimum atomic E-state index is -3.77. The second-order valence-electron chi connectivity index (χ2n) is 5.68. The lowest BCUT2D eigenvalue weighted by molar-refractivity contribution is -0.228. The van der Waals surface area contributed by atoms with Crippen LogP contribution in [0.15, 0.2) is 29.2 Å². The van der Waals surface area contributed by atoms with Crippen LogP contribution in [0.3, 0.4) is 0 Å². The molecule has 5 nitrogen and oxygen atoms in total. The van der Waals surface area contributed by atoms with Crippen molar-refractivity contribution in [3.8, 4) is 0 Å². The van der Waals surface area contributed by atoms with Crippen molar-refractivity contribution in [1.29, 1.82) is 0 Å².